The fourth-order valence-electron chi connectivity index (χ4n) is 5.05. The Morgan fingerprint density at radius 1 is 1.17 bits per heavy atom. The van der Waals surface area contributed by atoms with Crippen LogP contribution in [0.3, 0.4) is 0 Å². The summed E-state index contributed by atoms with van der Waals surface area (Å²) in [5.74, 6) is 1.26. The number of nitrogens with zero attached hydrogens (tertiary/aromatic N) is 5. The molecule has 3 heterocycles. The van der Waals surface area contributed by atoms with Gasteiger partial charge in [0.05, 0.1) is 13.1 Å². The molecule has 1 saturated carbocycles. The summed E-state index contributed by atoms with van der Waals surface area (Å²) in [5, 5.41) is 7.97. The lowest BCUT2D eigenvalue weighted by molar-refractivity contribution is -0.00304. The molecule has 1 spiro atoms. The predicted molar refractivity (Wildman–Crippen MR) is 108 cm³/mol. The summed E-state index contributed by atoms with van der Waals surface area (Å²) in [4.78, 5) is 19.2. The first kappa shape index (κ1) is 20.6. The molecule has 162 valence electrons. The van der Waals surface area contributed by atoms with Gasteiger partial charge in [-0.2, -0.15) is 0 Å². The summed E-state index contributed by atoms with van der Waals surface area (Å²) in [6, 6.07) is 0.729. The Morgan fingerprint density at radius 2 is 1.93 bits per heavy atom. The molecule has 0 aromatic carbocycles. The standard InChI is InChI=1S/C21H35N5O3/c1-17-22-23-19(28-17)15-25-13-9-21(10-14-25)16-26(20(27)29-21)12-6-11-24(2)18-7-4-3-5-8-18/h18H,3-16H2,1-2H3. The van der Waals surface area contributed by atoms with E-state index < -0.39 is 0 Å². The van der Waals surface area contributed by atoms with E-state index in [0.29, 0.717) is 18.3 Å². The number of hydrogen-bond acceptors (Lipinski definition) is 7. The van der Waals surface area contributed by atoms with E-state index in [9.17, 15) is 4.79 Å². The highest BCUT2D eigenvalue weighted by molar-refractivity contribution is 5.70. The van der Waals surface area contributed by atoms with Crippen molar-refractivity contribution in [2.45, 2.75) is 76.5 Å². The normalized spacial score (nSPS) is 23.3. The van der Waals surface area contributed by atoms with Gasteiger partial charge in [0.25, 0.3) is 0 Å². The van der Waals surface area contributed by atoms with Gasteiger partial charge in [-0.05, 0) is 32.9 Å². The number of rotatable bonds is 7. The van der Waals surface area contributed by atoms with Crippen LogP contribution in [0.5, 0.6) is 0 Å². The SMILES string of the molecule is Cc1nnc(CN2CCC3(CC2)CN(CCCN(C)C2CCCCC2)C(=O)O3)o1. The summed E-state index contributed by atoms with van der Waals surface area (Å²) in [5.41, 5.74) is -0.312. The number of carbonyl (C=O) groups excluding carboxylic acids is 1. The molecule has 0 radical (unpaired) electrons. The van der Waals surface area contributed by atoms with Crippen LogP contribution in [-0.4, -0.2) is 82.4 Å². The van der Waals surface area contributed by atoms with Crippen molar-refractivity contribution in [2.75, 3.05) is 39.8 Å². The Labute approximate surface area is 173 Å². The van der Waals surface area contributed by atoms with E-state index >= 15 is 0 Å². The van der Waals surface area contributed by atoms with E-state index in [4.69, 9.17) is 9.15 Å². The van der Waals surface area contributed by atoms with Crippen LogP contribution in [0.2, 0.25) is 0 Å². The van der Waals surface area contributed by atoms with Crippen molar-refractivity contribution in [3.8, 4) is 0 Å². The number of amides is 1. The average molecular weight is 406 g/mol. The first-order chi connectivity index (χ1) is 14.0. The molecule has 2 aliphatic heterocycles. The Balaban J connectivity index is 1.20. The molecule has 0 atom stereocenters. The maximum Gasteiger partial charge on any atom is 0.410 e. The van der Waals surface area contributed by atoms with E-state index in [0.717, 1.165) is 58.0 Å². The van der Waals surface area contributed by atoms with Crippen molar-refractivity contribution in [3.63, 3.8) is 0 Å². The zero-order valence-corrected chi connectivity index (χ0v) is 17.9. The molecular weight excluding hydrogens is 370 g/mol. The third-order valence-corrected chi connectivity index (χ3v) is 6.87. The molecule has 1 aromatic heterocycles. The van der Waals surface area contributed by atoms with E-state index in [-0.39, 0.29) is 11.7 Å². The minimum atomic E-state index is -0.312. The molecule has 4 rings (SSSR count). The van der Waals surface area contributed by atoms with Gasteiger partial charge >= 0.3 is 6.09 Å². The summed E-state index contributed by atoms with van der Waals surface area (Å²) in [7, 11) is 2.24. The molecule has 1 amide bonds. The fourth-order valence-corrected chi connectivity index (χ4v) is 5.05. The number of carbonyl (C=O) groups is 1. The van der Waals surface area contributed by atoms with Gasteiger partial charge in [-0.1, -0.05) is 19.3 Å². The van der Waals surface area contributed by atoms with Gasteiger partial charge in [-0.3, -0.25) is 4.90 Å². The van der Waals surface area contributed by atoms with Crippen molar-refractivity contribution in [1.29, 1.82) is 0 Å². The maximum absolute atomic E-state index is 12.4. The number of aromatic nitrogens is 2. The lowest BCUT2D eigenvalue weighted by Gasteiger charge is -2.36. The minimum Gasteiger partial charge on any atom is -0.441 e. The van der Waals surface area contributed by atoms with Crippen LogP contribution in [0.25, 0.3) is 0 Å². The quantitative estimate of drug-likeness (QED) is 0.690. The zero-order valence-electron chi connectivity index (χ0n) is 17.9. The molecule has 2 saturated heterocycles. The second-order valence-electron chi connectivity index (χ2n) is 9.09. The molecule has 8 heteroatoms. The highest BCUT2D eigenvalue weighted by Crippen LogP contribution is 2.33. The summed E-state index contributed by atoms with van der Waals surface area (Å²) in [6.45, 7) is 6.82. The third kappa shape index (κ3) is 5.09. The second-order valence-corrected chi connectivity index (χ2v) is 9.09. The lowest BCUT2D eigenvalue weighted by Crippen LogP contribution is -2.46. The first-order valence-corrected chi connectivity index (χ1v) is 11.2. The molecule has 3 aliphatic rings. The largest absolute Gasteiger partial charge is 0.441 e. The first-order valence-electron chi connectivity index (χ1n) is 11.2. The Bertz CT molecular complexity index is 680. The van der Waals surface area contributed by atoms with Crippen molar-refractivity contribution in [2.24, 2.45) is 0 Å². The highest BCUT2D eigenvalue weighted by Gasteiger charge is 2.46. The van der Waals surface area contributed by atoms with Crippen LogP contribution in [-0.2, 0) is 11.3 Å². The van der Waals surface area contributed by atoms with E-state index in [1.54, 1.807) is 6.92 Å². The topological polar surface area (TPSA) is 74.9 Å². The van der Waals surface area contributed by atoms with Gasteiger partial charge in [-0.15, -0.1) is 10.2 Å². The molecule has 0 N–H and O–H groups in total. The van der Waals surface area contributed by atoms with Crippen LogP contribution in [0, 0.1) is 6.92 Å². The smallest absolute Gasteiger partial charge is 0.410 e. The molecule has 0 bridgehead atoms. The van der Waals surface area contributed by atoms with Crippen LogP contribution in [0.15, 0.2) is 4.42 Å². The number of ether oxygens (including phenoxy) is 1. The molecule has 8 nitrogen and oxygen atoms in total. The van der Waals surface area contributed by atoms with E-state index in [2.05, 4.69) is 27.0 Å². The van der Waals surface area contributed by atoms with E-state index in [1.165, 1.54) is 32.1 Å². The van der Waals surface area contributed by atoms with Crippen molar-refractivity contribution in [1.82, 2.24) is 24.9 Å². The van der Waals surface area contributed by atoms with Gasteiger partial charge in [0.15, 0.2) is 0 Å². The lowest BCUT2D eigenvalue weighted by atomic mass is 9.91. The van der Waals surface area contributed by atoms with Crippen molar-refractivity contribution >= 4 is 6.09 Å². The Hall–Kier alpha value is -1.67. The molecule has 29 heavy (non-hydrogen) atoms. The van der Waals surface area contributed by atoms with E-state index in [1.807, 2.05) is 4.90 Å². The Kier molecular flexibility index (Phi) is 6.39. The third-order valence-electron chi connectivity index (χ3n) is 6.87. The number of hydrogen-bond donors (Lipinski definition) is 0. The molecule has 1 aromatic rings. The zero-order chi connectivity index (χ0) is 20.3. The molecule has 0 unspecified atom stereocenters. The van der Waals surface area contributed by atoms with Gasteiger partial charge < -0.3 is 19.0 Å². The summed E-state index contributed by atoms with van der Waals surface area (Å²) < 4.78 is 11.4. The molecule has 1 aliphatic carbocycles. The number of piperidine rings is 1. The van der Waals surface area contributed by atoms with Gasteiger partial charge in [0, 0.05) is 45.4 Å². The average Bonchev–Trinajstić information content (AvgIpc) is 3.27. The van der Waals surface area contributed by atoms with Crippen LogP contribution >= 0.6 is 0 Å². The molecular formula is C21H35N5O3. The van der Waals surface area contributed by atoms with Crippen LogP contribution < -0.4 is 0 Å². The monoisotopic (exact) mass is 405 g/mol. The summed E-state index contributed by atoms with van der Waals surface area (Å²) >= 11 is 0. The Morgan fingerprint density at radius 3 is 2.62 bits per heavy atom. The minimum absolute atomic E-state index is 0.133. The second kappa shape index (κ2) is 9.00. The van der Waals surface area contributed by atoms with Gasteiger partial charge in [0.2, 0.25) is 11.8 Å². The highest BCUT2D eigenvalue weighted by atomic mass is 16.6. The number of aryl methyl sites for hydroxylation is 1. The van der Waals surface area contributed by atoms with Crippen LogP contribution in [0.4, 0.5) is 4.79 Å². The summed E-state index contributed by atoms with van der Waals surface area (Å²) in [6.07, 6.45) is 9.37. The number of likely N-dealkylation sites (tertiary alicyclic amines) is 1. The van der Waals surface area contributed by atoms with Crippen LogP contribution in [0.1, 0.15) is 63.1 Å². The fraction of sp³-hybridized carbons (Fsp3) is 0.857. The van der Waals surface area contributed by atoms with Crippen molar-refractivity contribution < 1.29 is 13.9 Å². The molecule has 3 fully saturated rings. The van der Waals surface area contributed by atoms with Crippen molar-refractivity contribution in [3.05, 3.63) is 11.8 Å². The predicted octanol–water partition coefficient (Wildman–Crippen LogP) is 2.82. The van der Waals surface area contributed by atoms with Gasteiger partial charge in [-0.25, -0.2) is 4.79 Å². The maximum atomic E-state index is 12.4. The van der Waals surface area contributed by atoms with Gasteiger partial charge in [0.1, 0.15) is 5.60 Å².